The predicted molar refractivity (Wildman–Crippen MR) is 159 cm³/mol. The van der Waals surface area contributed by atoms with Gasteiger partial charge >= 0.3 is 0 Å². The lowest BCUT2D eigenvalue weighted by atomic mass is 10.1. The maximum Gasteiger partial charge on any atom is 0.251 e. The minimum atomic E-state index is -3.04. The number of methoxy groups -OCH3 is 1. The number of sulfone groups is 1. The van der Waals surface area contributed by atoms with E-state index >= 15 is 0 Å². The van der Waals surface area contributed by atoms with Gasteiger partial charge in [-0.25, -0.2) is 12.8 Å². The molecule has 0 atom stereocenters. The summed E-state index contributed by atoms with van der Waals surface area (Å²) in [4.78, 5) is 25.0. The molecule has 0 spiro atoms. The fraction of sp³-hybridized carbons (Fsp3) is 0.533. The normalized spacial score (nSPS) is 15.1. The van der Waals surface area contributed by atoms with Crippen LogP contribution in [0.1, 0.15) is 68.3 Å². The SMILES string of the molecule is CC.CCCCNC.COc1ccc(C2CC2)cc1.O=C(NCC(=O)N1CCS(=O)(=O)CC1)c1ccc(F)cc1. The van der Waals surface area contributed by atoms with Crippen molar-refractivity contribution < 1.29 is 27.1 Å². The number of carbonyl (C=O) groups excluding carboxylic acids is 2. The molecular formula is C30H46FN3O5S. The average molecular weight is 580 g/mol. The van der Waals surface area contributed by atoms with Gasteiger partial charge in [-0.15, -0.1) is 0 Å². The number of unbranched alkanes of at least 4 members (excludes halogenated alkanes) is 1. The maximum atomic E-state index is 12.7. The summed E-state index contributed by atoms with van der Waals surface area (Å²) in [6.07, 6.45) is 5.33. The topological polar surface area (TPSA) is 105 Å². The van der Waals surface area contributed by atoms with Crippen LogP contribution in [0.25, 0.3) is 0 Å². The highest BCUT2D eigenvalue weighted by molar-refractivity contribution is 7.91. The van der Waals surface area contributed by atoms with Crippen molar-refractivity contribution in [3.05, 3.63) is 65.5 Å². The fourth-order valence-corrected chi connectivity index (χ4v) is 4.78. The fourth-order valence-electron chi connectivity index (χ4n) is 3.58. The molecule has 1 heterocycles. The number of rotatable bonds is 8. The molecule has 8 nitrogen and oxygen atoms in total. The highest BCUT2D eigenvalue weighted by atomic mass is 32.2. The van der Waals surface area contributed by atoms with Crippen LogP contribution in [0.3, 0.4) is 0 Å². The molecule has 2 fully saturated rings. The van der Waals surface area contributed by atoms with Crippen molar-refractivity contribution in [2.45, 2.75) is 52.4 Å². The zero-order chi connectivity index (χ0) is 30.0. The highest BCUT2D eigenvalue weighted by Crippen LogP contribution is 2.40. The minimum Gasteiger partial charge on any atom is -0.497 e. The second-order valence-electron chi connectivity index (χ2n) is 9.23. The molecule has 0 radical (unpaired) electrons. The van der Waals surface area contributed by atoms with Crippen LogP contribution in [0.4, 0.5) is 4.39 Å². The summed E-state index contributed by atoms with van der Waals surface area (Å²) in [5.74, 6) is 0.441. The molecular weight excluding hydrogens is 533 g/mol. The van der Waals surface area contributed by atoms with Crippen LogP contribution in [0.2, 0.25) is 0 Å². The van der Waals surface area contributed by atoms with Gasteiger partial charge in [0, 0.05) is 18.7 Å². The Morgan fingerprint density at radius 3 is 2.02 bits per heavy atom. The van der Waals surface area contributed by atoms with Gasteiger partial charge in [0.05, 0.1) is 25.2 Å². The molecule has 4 rings (SSSR count). The van der Waals surface area contributed by atoms with E-state index in [0.29, 0.717) is 0 Å². The number of benzene rings is 2. The van der Waals surface area contributed by atoms with Crippen LogP contribution in [-0.4, -0.2) is 77.0 Å². The number of amides is 2. The van der Waals surface area contributed by atoms with Crippen LogP contribution in [0, 0.1) is 5.82 Å². The van der Waals surface area contributed by atoms with E-state index in [1.54, 1.807) is 7.11 Å². The smallest absolute Gasteiger partial charge is 0.251 e. The van der Waals surface area contributed by atoms with Crippen LogP contribution < -0.4 is 15.4 Å². The van der Waals surface area contributed by atoms with E-state index in [1.807, 2.05) is 33.0 Å². The van der Waals surface area contributed by atoms with Crippen molar-refractivity contribution in [3.63, 3.8) is 0 Å². The number of nitrogens with one attached hydrogen (secondary N) is 2. The first kappa shape index (κ1) is 35.0. The zero-order valence-corrected chi connectivity index (χ0v) is 25.4. The first-order valence-electron chi connectivity index (χ1n) is 14.0. The Hall–Kier alpha value is -2.98. The minimum absolute atomic E-state index is 0.0509. The molecule has 1 aliphatic carbocycles. The number of hydrogen-bond donors (Lipinski definition) is 2. The van der Waals surface area contributed by atoms with Crippen molar-refractivity contribution in [2.24, 2.45) is 0 Å². The molecule has 0 unspecified atom stereocenters. The molecule has 1 saturated heterocycles. The molecule has 0 bridgehead atoms. The monoisotopic (exact) mass is 579 g/mol. The van der Waals surface area contributed by atoms with E-state index < -0.39 is 21.6 Å². The number of nitrogens with zero attached hydrogens (tertiary/aromatic N) is 1. The molecule has 10 heteroatoms. The molecule has 224 valence electrons. The van der Waals surface area contributed by atoms with Gasteiger partial charge in [0.1, 0.15) is 11.6 Å². The van der Waals surface area contributed by atoms with Crippen molar-refractivity contribution in [1.82, 2.24) is 15.5 Å². The first-order chi connectivity index (χ1) is 19.2. The van der Waals surface area contributed by atoms with Crippen molar-refractivity contribution >= 4 is 21.7 Å². The Morgan fingerprint density at radius 1 is 1.00 bits per heavy atom. The van der Waals surface area contributed by atoms with E-state index in [1.165, 1.54) is 48.3 Å². The van der Waals surface area contributed by atoms with Gasteiger partial charge in [0.15, 0.2) is 9.84 Å². The lowest BCUT2D eigenvalue weighted by Crippen LogP contribution is -2.47. The van der Waals surface area contributed by atoms with Gasteiger partial charge < -0.3 is 20.3 Å². The van der Waals surface area contributed by atoms with Crippen LogP contribution in [-0.2, 0) is 14.6 Å². The third-order valence-corrected chi connectivity index (χ3v) is 7.76. The molecule has 2 aliphatic rings. The predicted octanol–water partition coefficient (Wildman–Crippen LogP) is 4.42. The first-order valence-corrected chi connectivity index (χ1v) is 15.8. The van der Waals surface area contributed by atoms with Crippen LogP contribution >= 0.6 is 0 Å². The molecule has 2 aromatic rings. The Bertz CT molecular complexity index is 1090. The van der Waals surface area contributed by atoms with Crippen LogP contribution in [0.15, 0.2) is 48.5 Å². The Labute approximate surface area is 239 Å². The standard InChI is InChI=1S/C13H15FN2O4S.C10H12O.C5H13N.C2H6/c14-11-3-1-10(2-4-11)13(18)15-9-12(17)16-5-7-21(19,20)8-6-16;1-11-10-6-4-9(5-7-10)8-2-3-8;1-3-4-5-6-2;1-2/h1-4H,5-9H2,(H,15,18);4-8H,2-3H2,1H3;6H,3-5H2,1-2H3;1-2H3. The summed E-state index contributed by atoms with van der Waals surface area (Å²) in [5, 5.41) is 5.50. The summed E-state index contributed by atoms with van der Waals surface area (Å²) < 4.78 is 40.3. The molecule has 2 N–H and O–H groups in total. The quantitative estimate of drug-likeness (QED) is 0.449. The summed E-state index contributed by atoms with van der Waals surface area (Å²) in [6.45, 7) is 7.44. The van der Waals surface area contributed by atoms with Gasteiger partial charge in [-0.05, 0) is 80.7 Å². The van der Waals surface area contributed by atoms with Gasteiger partial charge in [0.2, 0.25) is 5.91 Å². The molecule has 2 aromatic carbocycles. The highest BCUT2D eigenvalue weighted by Gasteiger charge is 2.25. The summed E-state index contributed by atoms with van der Waals surface area (Å²) >= 11 is 0. The summed E-state index contributed by atoms with van der Waals surface area (Å²) in [5.41, 5.74) is 1.72. The number of halogens is 1. The second kappa shape index (κ2) is 19.2. The van der Waals surface area contributed by atoms with Crippen LogP contribution in [0.5, 0.6) is 5.75 Å². The van der Waals surface area contributed by atoms with Gasteiger partial charge in [-0.1, -0.05) is 39.3 Å². The molecule has 40 heavy (non-hydrogen) atoms. The second-order valence-corrected chi connectivity index (χ2v) is 11.5. The van der Waals surface area contributed by atoms with Crippen molar-refractivity contribution in [1.29, 1.82) is 0 Å². The van der Waals surface area contributed by atoms with Gasteiger partial charge in [-0.2, -0.15) is 0 Å². The Kier molecular flexibility index (Phi) is 16.8. The zero-order valence-electron chi connectivity index (χ0n) is 24.5. The largest absolute Gasteiger partial charge is 0.497 e. The molecule has 2 amide bonds. The summed E-state index contributed by atoms with van der Waals surface area (Å²) in [7, 11) is 0.638. The third kappa shape index (κ3) is 13.9. The van der Waals surface area contributed by atoms with Gasteiger partial charge in [-0.3, -0.25) is 9.59 Å². The number of carbonyl (C=O) groups is 2. The van der Waals surface area contributed by atoms with Gasteiger partial charge in [0.25, 0.3) is 5.91 Å². The van der Waals surface area contributed by atoms with E-state index in [9.17, 15) is 22.4 Å². The van der Waals surface area contributed by atoms with E-state index in [2.05, 4.69) is 29.7 Å². The number of hydrogen-bond acceptors (Lipinski definition) is 6. The molecule has 0 aromatic heterocycles. The average Bonchev–Trinajstić information content (AvgIpc) is 3.83. The third-order valence-electron chi connectivity index (χ3n) is 6.15. The lowest BCUT2D eigenvalue weighted by molar-refractivity contribution is -0.129. The molecule has 1 saturated carbocycles. The van der Waals surface area contributed by atoms with E-state index in [4.69, 9.17) is 4.74 Å². The number of ether oxygens (including phenoxy) is 1. The molecule has 1 aliphatic heterocycles. The van der Waals surface area contributed by atoms with Crippen molar-refractivity contribution in [2.75, 3.05) is 51.8 Å². The lowest BCUT2D eigenvalue weighted by Gasteiger charge is -2.26. The van der Waals surface area contributed by atoms with Crippen molar-refractivity contribution in [3.8, 4) is 5.75 Å². The van der Waals surface area contributed by atoms with E-state index in [0.717, 1.165) is 30.3 Å². The Morgan fingerprint density at radius 2 is 1.57 bits per heavy atom. The maximum absolute atomic E-state index is 12.7. The van der Waals surface area contributed by atoms with E-state index in [-0.39, 0.29) is 42.6 Å². The Balaban J connectivity index is 0.000000349. The summed E-state index contributed by atoms with van der Waals surface area (Å²) in [6, 6.07) is 13.4.